The molecule has 1 N–H and O–H groups in total. The topological polar surface area (TPSA) is 77.4 Å². The zero-order valence-electron chi connectivity index (χ0n) is 20.1. The largest absolute Gasteiger partial charge is 0.497 e. The second kappa shape index (κ2) is 10.4. The lowest BCUT2D eigenvalue weighted by atomic mass is 10.0. The molecule has 6 heteroatoms. The van der Waals surface area contributed by atoms with Gasteiger partial charge in [-0.15, -0.1) is 0 Å². The monoisotopic (exact) mass is 468 g/mol. The van der Waals surface area contributed by atoms with Crippen molar-refractivity contribution >= 4 is 28.3 Å². The molecule has 0 aliphatic rings. The first-order chi connectivity index (χ1) is 16.8. The summed E-state index contributed by atoms with van der Waals surface area (Å²) in [7, 11) is 1.56. The number of amides is 1. The van der Waals surface area contributed by atoms with Crippen LogP contribution < -0.4 is 15.6 Å². The molecule has 1 aromatic heterocycles. The number of hydrogen-bond acceptors (Lipinski definition) is 4. The van der Waals surface area contributed by atoms with Gasteiger partial charge in [0.15, 0.2) is 5.78 Å². The minimum atomic E-state index is -0.354. The first-order valence-corrected chi connectivity index (χ1v) is 11.5. The van der Waals surface area contributed by atoms with Gasteiger partial charge in [-0.25, -0.2) is 0 Å². The highest BCUT2D eigenvalue weighted by Crippen LogP contribution is 2.21. The van der Waals surface area contributed by atoms with E-state index in [1.165, 1.54) is 17.1 Å². The number of fused-ring (bicyclic) bond motifs is 1. The van der Waals surface area contributed by atoms with Gasteiger partial charge in [0, 0.05) is 22.9 Å². The van der Waals surface area contributed by atoms with E-state index in [1.807, 2.05) is 25.1 Å². The van der Waals surface area contributed by atoms with E-state index in [9.17, 15) is 14.4 Å². The first kappa shape index (κ1) is 24.0. The minimum absolute atomic E-state index is 0.0864. The number of methoxy groups -OCH3 is 1. The molecular formula is C29H28N2O4. The average Bonchev–Trinajstić information content (AvgIpc) is 2.85. The molecule has 0 aliphatic heterocycles. The number of anilines is 1. The Morgan fingerprint density at radius 2 is 1.71 bits per heavy atom. The van der Waals surface area contributed by atoms with Crippen molar-refractivity contribution in [3.8, 4) is 5.75 Å². The Balaban J connectivity index is 1.66. The summed E-state index contributed by atoms with van der Waals surface area (Å²) >= 11 is 0. The lowest BCUT2D eigenvalue weighted by molar-refractivity contribution is -0.116. The van der Waals surface area contributed by atoms with Crippen molar-refractivity contribution in [1.82, 2.24) is 4.57 Å². The molecule has 4 aromatic rings. The van der Waals surface area contributed by atoms with Crippen LogP contribution in [0.2, 0.25) is 0 Å². The van der Waals surface area contributed by atoms with E-state index in [4.69, 9.17) is 4.74 Å². The van der Waals surface area contributed by atoms with Gasteiger partial charge in [-0.3, -0.25) is 19.0 Å². The maximum absolute atomic E-state index is 13.5. The summed E-state index contributed by atoms with van der Waals surface area (Å²) in [6.07, 6.45) is 1.29. The molecule has 0 bridgehead atoms. The quantitative estimate of drug-likeness (QED) is 0.372. The molecule has 0 radical (unpaired) electrons. The SMILES string of the molecule is COc1ccc2cc(CCc3ccc(C)cc3)c(=O)n(CC(=O)Nc3cccc(C(C)=O)c3)c2c1. The number of nitrogens with one attached hydrogen (secondary N) is 1. The molecular weight excluding hydrogens is 440 g/mol. The van der Waals surface area contributed by atoms with E-state index < -0.39 is 0 Å². The van der Waals surface area contributed by atoms with Crippen LogP contribution in [-0.4, -0.2) is 23.4 Å². The van der Waals surface area contributed by atoms with Crippen molar-refractivity contribution in [3.05, 3.63) is 105 Å². The summed E-state index contributed by atoms with van der Waals surface area (Å²) in [5.41, 5.74) is 4.43. The molecule has 0 unspecified atom stereocenters. The van der Waals surface area contributed by atoms with Gasteiger partial charge >= 0.3 is 0 Å². The lowest BCUT2D eigenvalue weighted by Crippen LogP contribution is -2.30. The van der Waals surface area contributed by atoms with E-state index in [2.05, 4.69) is 29.6 Å². The number of ether oxygens (including phenoxy) is 1. The van der Waals surface area contributed by atoms with Crippen LogP contribution in [0, 0.1) is 6.92 Å². The summed E-state index contributed by atoms with van der Waals surface area (Å²) in [4.78, 5) is 38.1. The van der Waals surface area contributed by atoms with E-state index in [1.54, 1.807) is 37.4 Å². The van der Waals surface area contributed by atoms with Crippen molar-refractivity contribution in [1.29, 1.82) is 0 Å². The predicted molar refractivity (Wildman–Crippen MR) is 138 cm³/mol. The van der Waals surface area contributed by atoms with Gasteiger partial charge in [-0.05, 0) is 68.0 Å². The molecule has 0 spiro atoms. The molecule has 0 aliphatic carbocycles. The number of hydrogen-bond donors (Lipinski definition) is 1. The van der Waals surface area contributed by atoms with Gasteiger partial charge in [0.05, 0.1) is 12.6 Å². The van der Waals surface area contributed by atoms with Crippen LogP contribution in [0.1, 0.15) is 34.0 Å². The van der Waals surface area contributed by atoms with E-state index in [-0.39, 0.29) is 23.8 Å². The van der Waals surface area contributed by atoms with Crippen LogP contribution in [0.15, 0.2) is 77.6 Å². The fourth-order valence-corrected chi connectivity index (χ4v) is 4.07. The molecule has 1 amide bonds. The van der Waals surface area contributed by atoms with Crippen LogP contribution in [0.5, 0.6) is 5.75 Å². The number of carbonyl (C=O) groups excluding carboxylic acids is 2. The second-order valence-electron chi connectivity index (χ2n) is 8.66. The van der Waals surface area contributed by atoms with E-state index in [0.29, 0.717) is 34.5 Å². The molecule has 35 heavy (non-hydrogen) atoms. The van der Waals surface area contributed by atoms with Crippen LogP contribution in [0.3, 0.4) is 0 Å². The Kier molecular flexibility index (Phi) is 7.11. The van der Waals surface area contributed by atoms with Crippen LogP contribution >= 0.6 is 0 Å². The zero-order chi connectivity index (χ0) is 24.9. The number of aryl methyl sites for hydroxylation is 3. The third kappa shape index (κ3) is 5.66. The minimum Gasteiger partial charge on any atom is -0.497 e. The third-order valence-corrected chi connectivity index (χ3v) is 6.04. The number of benzene rings is 3. The fraction of sp³-hybridized carbons (Fsp3) is 0.207. The number of ketones is 1. The number of rotatable bonds is 8. The number of carbonyl (C=O) groups is 2. The van der Waals surface area contributed by atoms with Gasteiger partial charge in [-0.1, -0.05) is 42.0 Å². The lowest BCUT2D eigenvalue weighted by Gasteiger charge is -2.14. The zero-order valence-corrected chi connectivity index (χ0v) is 20.1. The van der Waals surface area contributed by atoms with Crippen molar-refractivity contribution in [2.75, 3.05) is 12.4 Å². The normalized spacial score (nSPS) is 10.8. The molecule has 1 heterocycles. The van der Waals surface area contributed by atoms with E-state index >= 15 is 0 Å². The van der Waals surface area contributed by atoms with Gasteiger partial charge in [0.25, 0.3) is 5.56 Å². The summed E-state index contributed by atoms with van der Waals surface area (Å²) in [6, 6.07) is 22.4. The Labute approximate surface area is 204 Å². The number of aromatic nitrogens is 1. The van der Waals surface area contributed by atoms with Crippen LogP contribution in [0.25, 0.3) is 10.9 Å². The second-order valence-corrected chi connectivity index (χ2v) is 8.66. The smallest absolute Gasteiger partial charge is 0.254 e. The summed E-state index contributed by atoms with van der Waals surface area (Å²) in [5.74, 6) is 0.164. The molecule has 0 saturated heterocycles. The molecule has 4 rings (SSSR count). The van der Waals surface area contributed by atoms with Crippen molar-refractivity contribution in [2.45, 2.75) is 33.2 Å². The Morgan fingerprint density at radius 1 is 0.943 bits per heavy atom. The Bertz CT molecular complexity index is 1450. The third-order valence-electron chi connectivity index (χ3n) is 6.04. The van der Waals surface area contributed by atoms with Crippen molar-refractivity contribution in [3.63, 3.8) is 0 Å². The molecule has 0 fully saturated rings. The van der Waals surface area contributed by atoms with Gasteiger partial charge in [0.2, 0.25) is 5.91 Å². The van der Waals surface area contributed by atoms with E-state index in [0.717, 1.165) is 17.4 Å². The summed E-state index contributed by atoms with van der Waals surface area (Å²) in [5, 5.41) is 3.66. The predicted octanol–water partition coefficient (Wildman–Crippen LogP) is 4.95. The molecule has 6 nitrogen and oxygen atoms in total. The molecule has 0 saturated carbocycles. The van der Waals surface area contributed by atoms with Gasteiger partial charge in [0.1, 0.15) is 12.3 Å². The van der Waals surface area contributed by atoms with Crippen LogP contribution in [0.4, 0.5) is 5.69 Å². The summed E-state index contributed by atoms with van der Waals surface area (Å²) < 4.78 is 6.84. The highest BCUT2D eigenvalue weighted by atomic mass is 16.5. The standard InChI is InChI=1S/C29H28N2O4/c1-19-7-9-21(10-8-19)11-12-24-15-23-13-14-26(35-3)17-27(23)31(29(24)34)18-28(33)30-25-6-4-5-22(16-25)20(2)32/h4-10,13-17H,11-12,18H2,1-3H3,(H,30,33). The van der Waals surface area contributed by atoms with Crippen molar-refractivity contribution in [2.24, 2.45) is 0 Å². The van der Waals surface area contributed by atoms with Gasteiger partial charge in [-0.2, -0.15) is 0 Å². The summed E-state index contributed by atoms with van der Waals surface area (Å²) in [6.45, 7) is 3.36. The Morgan fingerprint density at radius 3 is 2.43 bits per heavy atom. The maximum Gasteiger partial charge on any atom is 0.254 e. The number of pyridine rings is 1. The van der Waals surface area contributed by atoms with Crippen molar-refractivity contribution < 1.29 is 14.3 Å². The highest BCUT2D eigenvalue weighted by molar-refractivity contribution is 5.97. The number of Topliss-reactive ketones (excluding diaryl/α,β-unsaturated/α-hetero) is 1. The number of nitrogens with zero attached hydrogens (tertiary/aromatic N) is 1. The molecule has 3 aromatic carbocycles. The first-order valence-electron chi connectivity index (χ1n) is 11.5. The fourth-order valence-electron chi connectivity index (χ4n) is 4.07. The highest BCUT2D eigenvalue weighted by Gasteiger charge is 2.14. The average molecular weight is 469 g/mol. The maximum atomic E-state index is 13.5. The Hall–Kier alpha value is -4.19. The molecule has 0 atom stereocenters. The van der Waals surface area contributed by atoms with Crippen LogP contribution in [-0.2, 0) is 24.2 Å². The van der Waals surface area contributed by atoms with Gasteiger partial charge < -0.3 is 10.1 Å². The molecule has 178 valence electrons.